The number of hydrogen-bond acceptors (Lipinski definition) is 5. The van der Waals surface area contributed by atoms with Gasteiger partial charge in [0.15, 0.2) is 5.13 Å². The number of aromatic nitrogens is 1. The zero-order valence-electron chi connectivity index (χ0n) is 11.4. The lowest BCUT2D eigenvalue weighted by Gasteiger charge is -2.09. The summed E-state index contributed by atoms with van der Waals surface area (Å²) in [7, 11) is 1.67. The Labute approximate surface area is 117 Å². The van der Waals surface area contributed by atoms with Crippen LogP contribution < -0.4 is 5.32 Å². The van der Waals surface area contributed by atoms with E-state index in [1.807, 2.05) is 6.92 Å². The van der Waals surface area contributed by atoms with Crippen molar-refractivity contribution in [1.82, 2.24) is 4.98 Å². The Kier molecular flexibility index (Phi) is 5.30. The molecule has 1 aromatic rings. The third-order valence-corrected chi connectivity index (χ3v) is 4.14. The van der Waals surface area contributed by atoms with Gasteiger partial charge in [-0.25, -0.2) is 4.98 Å². The van der Waals surface area contributed by atoms with E-state index in [4.69, 9.17) is 9.47 Å². The summed E-state index contributed by atoms with van der Waals surface area (Å²) in [5.41, 5.74) is 1.07. The van der Waals surface area contributed by atoms with Crippen LogP contribution in [0, 0.1) is 5.92 Å². The van der Waals surface area contributed by atoms with Crippen molar-refractivity contribution < 1.29 is 14.3 Å². The summed E-state index contributed by atoms with van der Waals surface area (Å²) < 4.78 is 10.4. The van der Waals surface area contributed by atoms with E-state index in [1.165, 1.54) is 11.3 Å². The van der Waals surface area contributed by atoms with Gasteiger partial charge < -0.3 is 14.8 Å². The summed E-state index contributed by atoms with van der Waals surface area (Å²) in [5.74, 6) is 0.00967. The summed E-state index contributed by atoms with van der Waals surface area (Å²) in [6.45, 7) is 3.96. The van der Waals surface area contributed by atoms with Crippen molar-refractivity contribution in [3.8, 4) is 0 Å². The lowest BCUT2D eigenvalue weighted by Crippen LogP contribution is -2.20. The quantitative estimate of drug-likeness (QED) is 0.814. The highest BCUT2D eigenvalue weighted by Gasteiger charge is 2.18. The van der Waals surface area contributed by atoms with Crippen molar-refractivity contribution in [3.05, 3.63) is 10.6 Å². The van der Waals surface area contributed by atoms with Crippen LogP contribution in [-0.2, 0) is 27.3 Å². The molecule has 5 nitrogen and oxygen atoms in total. The van der Waals surface area contributed by atoms with Crippen LogP contribution in [0.2, 0.25) is 0 Å². The second-order valence-corrected chi connectivity index (χ2v) is 5.80. The molecule has 106 valence electrons. The molecule has 0 fully saturated rings. The Morgan fingerprint density at radius 3 is 3.21 bits per heavy atom. The van der Waals surface area contributed by atoms with Gasteiger partial charge in [-0.05, 0) is 12.8 Å². The molecule has 6 heteroatoms. The Balaban J connectivity index is 1.86. The number of methoxy groups -OCH3 is 1. The van der Waals surface area contributed by atoms with Crippen molar-refractivity contribution >= 4 is 22.4 Å². The summed E-state index contributed by atoms with van der Waals surface area (Å²) in [6.07, 6.45) is 2.56. The SMILES string of the molecule is COCCCC(C)C(=O)Nc1nc2c(s1)COCC2. The van der Waals surface area contributed by atoms with Crippen LogP contribution in [0.25, 0.3) is 0 Å². The third-order valence-electron chi connectivity index (χ3n) is 3.16. The first-order valence-electron chi connectivity index (χ1n) is 6.57. The Morgan fingerprint density at radius 1 is 1.63 bits per heavy atom. The molecule has 19 heavy (non-hydrogen) atoms. The summed E-state index contributed by atoms with van der Waals surface area (Å²) in [5, 5.41) is 3.59. The van der Waals surface area contributed by atoms with Crippen LogP contribution in [0.4, 0.5) is 5.13 Å². The number of anilines is 1. The van der Waals surface area contributed by atoms with Gasteiger partial charge in [-0.2, -0.15) is 0 Å². The first-order valence-corrected chi connectivity index (χ1v) is 7.38. The molecule has 0 saturated carbocycles. The van der Waals surface area contributed by atoms with E-state index >= 15 is 0 Å². The van der Waals surface area contributed by atoms with Crippen LogP contribution in [0.1, 0.15) is 30.3 Å². The van der Waals surface area contributed by atoms with Crippen molar-refractivity contribution in [2.75, 3.05) is 25.6 Å². The molecule has 1 aliphatic rings. The van der Waals surface area contributed by atoms with E-state index in [-0.39, 0.29) is 11.8 Å². The number of carbonyl (C=O) groups excluding carboxylic acids is 1. The molecule has 1 atom stereocenters. The Morgan fingerprint density at radius 2 is 2.47 bits per heavy atom. The number of nitrogens with zero attached hydrogens (tertiary/aromatic N) is 1. The van der Waals surface area contributed by atoms with Crippen LogP contribution in [0.3, 0.4) is 0 Å². The minimum absolute atomic E-state index is 0.0210. The van der Waals surface area contributed by atoms with E-state index in [1.54, 1.807) is 7.11 Å². The van der Waals surface area contributed by atoms with Gasteiger partial charge in [0.25, 0.3) is 0 Å². The molecule has 1 unspecified atom stereocenters. The molecule has 2 rings (SSSR count). The van der Waals surface area contributed by atoms with Crippen LogP contribution in [-0.4, -0.2) is 31.2 Å². The Hall–Kier alpha value is -0.980. The van der Waals surface area contributed by atoms with E-state index in [0.29, 0.717) is 18.3 Å². The number of ether oxygens (including phenoxy) is 2. The smallest absolute Gasteiger partial charge is 0.228 e. The molecule has 1 amide bonds. The number of nitrogens with one attached hydrogen (secondary N) is 1. The fourth-order valence-corrected chi connectivity index (χ4v) is 2.92. The zero-order valence-corrected chi connectivity index (χ0v) is 12.2. The second-order valence-electron chi connectivity index (χ2n) is 4.72. The maximum atomic E-state index is 12.0. The predicted molar refractivity (Wildman–Crippen MR) is 74.4 cm³/mol. The molecule has 0 radical (unpaired) electrons. The van der Waals surface area contributed by atoms with Crippen molar-refractivity contribution in [1.29, 1.82) is 0 Å². The summed E-state index contributed by atoms with van der Waals surface area (Å²) >= 11 is 1.52. The van der Waals surface area contributed by atoms with Crippen molar-refractivity contribution in [2.45, 2.75) is 32.8 Å². The predicted octanol–water partition coefficient (Wildman–Crippen LogP) is 2.22. The van der Waals surface area contributed by atoms with Gasteiger partial charge >= 0.3 is 0 Å². The Bertz CT molecular complexity index is 410. The molecule has 0 bridgehead atoms. The molecule has 1 aliphatic heterocycles. The number of fused-ring (bicyclic) bond motifs is 1. The number of carbonyl (C=O) groups is 1. The molecule has 0 saturated heterocycles. The maximum Gasteiger partial charge on any atom is 0.228 e. The van der Waals surface area contributed by atoms with Gasteiger partial charge in [-0.3, -0.25) is 4.79 Å². The van der Waals surface area contributed by atoms with Crippen LogP contribution in [0.5, 0.6) is 0 Å². The average Bonchev–Trinajstić information content (AvgIpc) is 2.80. The molecule has 2 heterocycles. The molecule has 0 aliphatic carbocycles. The number of rotatable bonds is 6. The normalized spacial score (nSPS) is 15.9. The van der Waals surface area contributed by atoms with Crippen LogP contribution >= 0.6 is 11.3 Å². The van der Waals surface area contributed by atoms with Crippen molar-refractivity contribution in [2.24, 2.45) is 5.92 Å². The van der Waals surface area contributed by atoms with Gasteiger partial charge in [0.1, 0.15) is 0 Å². The first-order chi connectivity index (χ1) is 9.20. The molecule has 0 spiro atoms. The third kappa shape index (κ3) is 3.99. The van der Waals surface area contributed by atoms with E-state index < -0.39 is 0 Å². The van der Waals surface area contributed by atoms with Crippen molar-refractivity contribution in [3.63, 3.8) is 0 Å². The standard InChI is InChI=1S/C13H20N2O3S/c1-9(4-3-6-17-2)12(16)15-13-14-10-5-7-18-8-11(10)19-13/h9H,3-8H2,1-2H3,(H,14,15,16). The number of amides is 1. The van der Waals surface area contributed by atoms with E-state index in [2.05, 4.69) is 10.3 Å². The number of thiazole rings is 1. The first kappa shape index (κ1) is 14.4. The lowest BCUT2D eigenvalue weighted by molar-refractivity contribution is -0.119. The summed E-state index contributed by atoms with van der Waals surface area (Å²) in [6, 6.07) is 0. The molecular formula is C13H20N2O3S. The topological polar surface area (TPSA) is 60.5 Å². The number of hydrogen-bond donors (Lipinski definition) is 1. The monoisotopic (exact) mass is 284 g/mol. The molecule has 0 aromatic carbocycles. The second kappa shape index (κ2) is 6.98. The zero-order chi connectivity index (χ0) is 13.7. The van der Waals surface area contributed by atoms with Gasteiger partial charge in [-0.15, -0.1) is 0 Å². The van der Waals surface area contributed by atoms with Crippen LogP contribution in [0.15, 0.2) is 0 Å². The minimum atomic E-state index is -0.0210. The fraction of sp³-hybridized carbons (Fsp3) is 0.692. The highest BCUT2D eigenvalue weighted by molar-refractivity contribution is 7.15. The van der Waals surface area contributed by atoms with Gasteiger partial charge in [0.05, 0.1) is 23.8 Å². The van der Waals surface area contributed by atoms with Gasteiger partial charge in [-0.1, -0.05) is 18.3 Å². The minimum Gasteiger partial charge on any atom is -0.385 e. The highest BCUT2D eigenvalue weighted by Crippen LogP contribution is 2.27. The van der Waals surface area contributed by atoms with Gasteiger partial charge in [0.2, 0.25) is 5.91 Å². The largest absolute Gasteiger partial charge is 0.385 e. The van der Waals surface area contributed by atoms with Gasteiger partial charge in [0, 0.05) is 26.1 Å². The maximum absolute atomic E-state index is 12.0. The summed E-state index contributed by atoms with van der Waals surface area (Å²) in [4.78, 5) is 17.6. The lowest BCUT2D eigenvalue weighted by atomic mass is 10.1. The molecule has 1 aromatic heterocycles. The highest BCUT2D eigenvalue weighted by atomic mass is 32.1. The molecular weight excluding hydrogens is 264 g/mol. The molecule has 1 N–H and O–H groups in total. The average molecular weight is 284 g/mol. The van der Waals surface area contributed by atoms with E-state index in [0.717, 1.165) is 36.4 Å². The van der Waals surface area contributed by atoms with E-state index in [9.17, 15) is 4.79 Å². The fourth-order valence-electron chi connectivity index (χ4n) is 1.97.